The summed E-state index contributed by atoms with van der Waals surface area (Å²) in [6.07, 6.45) is 1.64. The second kappa shape index (κ2) is 15.4. The number of fused-ring (bicyclic) bond motifs is 8. The molecule has 8 bridgehead atoms. The van der Waals surface area contributed by atoms with Crippen LogP contribution in [0.25, 0.3) is 32.8 Å². The van der Waals surface area contributed by atoms with Gasteiger partial charge >= 0.3 is 5.97 Å². The molecule has 3 aromatic heterocycles. The van der Waals surface area contributed by atoms with Crippen molar-refractivity contribution in [3.05, 3.63) is 93.7 Å². The van der Waals surface area contributed by atoms with Crippen LogP contribution in [0.2, 0.25) is 5.02 Å². The van der Waals surface area contributed by atoms with Crippen LogP contribution >= 0.6 is 23.4 Å². The highest BCUT2D eigenvalue weighted by atomic mass is 35.5. The van der Waals surface area contributed by atoms with Crippen LogP contribution in [0.15, 0.2) is 59.5 Å². The largest absolute Gasteiger partial charge is 0.493 e. The zero-order valence-corrected chi connectivity index (χ0v) is 33.4. The Morgan fingerprint density at radius 3 is 2.61 bits per heavy atom. The van der Waals surface area contributed by atoms with Gasteiger partial charge in [-0.3, -0.25) is 13.5 Å². The van der Waals surface area contributed by atoms with Crippen LogP contribution in [0.1, 0.15) is 57.8 Å². The average molecular weight is 792 g/mol. The molecule has 54 heavy (non-hydrogen) atoms. The molecule has 0 N–H and O–H groups in total. The first-order valence-electron chi connectivity index (χ1n) is 17.5. The predicted octanol–water partition coefficient (Wildman–Crippen LogP) is 7.46. The fraction of sp³-hybridized carbons (Fsp3) is 0.359. The normalized spacial score (nSPS) is 15.6. The van der Waals surface area contributed by atoms with Gasteiger partial charge in [0.25, 0.3) is 10.1 Å². The molecule has 0 fully saturated rings. The maximum Gasteiger partial charge on any atom is 0.354 e. The number of methoxy groups -OCH3 is 1. The SMILES string of the molecule is COC(=O)c1c2c3ccc(Cl)c(c3n1C)-c1c(nn(C)c1C)C(CCOS(C)(=O)=O)OCc1cc(n(C)n1)CSc1cc(c3ccccc3c1)OCCC2. The number of thioether (sulfide) groups is 1. The molecule has 1 aliphatic rings. The Morgan fingerprint density at radius 1 is 1.04 bits per heavy atom. The second-order valence-electron chi connectivity index (χ2n) is 13.4. The monoisotopic (exact) mass is 791 g/mol. The highest BCUT2D eigenvalue weighted by Gasteiger charge is 2.31. The lowest BCUT2D eigenvalue weighted by molar-refractivity contribution is 0.0212. The van der Waals surface area contributed by atoms with Crippen molar-refractivity contribution in [1.82, 2.24) is 24.1 Å². The van der Waals surface area contributed by atoms with E-state index in [1.807, 2.05) is 67.6 Å². The Kier molecular flexibility index (Phi) is 10.8. The lowest BCUT2D eigenvalue weighted by Crippen LogP contribution is -2.13. The first-order valence-corrected chi connectivity index (χ1v) is 20.7. The summed E-state index contributed by atoms with van der Waals surface area (Å²) in [5, 5.41) is 13.1. The molecule has 12 nitrogen and oxygen atoms in total. The number of ether oxygens (including phenoxy) is 3. The molecule has 6 aromatic rings. The maximum absolute atomic E-state index is 13.5. The van der Waals surface area contributed by atoms with Crippen molar-refractivity contribution in [2.75, 3.05) is 26.6 Å². The van der Waals surface area contributed by atoms with Crippen molar-refractivity contribution in [2.24, 2.45) is 21.1 Å². The molecule has 1 aliphatic heterocycles. The van der Waals surface area contributed by atoms with Gasteiger partial charge in [-0.1, -0.05) is 41.9 Å². The predicted molar refractivity (Wildman–Crippen MR) is 210 cm³/mol. The van der Waals surface area contributed by atoms with Gasteiger partial charge in [-0.2, -0.15) is 18.6 Å². The van der Waals surface area contributed by atoms with Crippen LogP contribution in [0.5, 0.6) is 5.75 Å². The molecule has 0 saturated heterocycles. The minimum absolute atomic E-state index is 0.128. The van der Waals surface area contributed by atoms with Gasteiger partial charge in [0.15, 0.2) is 0 Å². The molecule has 3 aromatic carbocycles. The number of hydrogen-bond acceptors (Lipinski definition) is 10. The summed E-state index contributed by atoms with van der Waals surface area (Å²) in [6.45, 7) is 2.36. The number of carbonyl (C=O) groups excluding carboxylic acids is 1. The summed E-state index contributed by atoms with van der Waals surface area (Å²) in [5.74, 6) is 0.992. The minimum atomic E-state index is -3.71. The van der Waals surface area contributed by atoms with Gasteiger partial charge < -0.3 is 18.8 Å². The van der Waals surface area contributed by atoms with E-state index in [1.54, 1.807) is 16.4 Å². The standard InChI is InChI=1S/C39H42ClN5O7S2/c1-23-34-35-31(40)14-13-30-29(38(39(46)49-5)43(2)37(30)35)12-9-16-50-33-20-27(18-24-10-7-8-11-28(24)33)53-22-26-19-25(41-45(26)4)21-51-32(36(34)42-44(23)3)15-17-52-54(6,47)48/h7-8,10-11,13-14,18-20,32H,9,12,15-17,21-22H2,1-6H3. The van der Waals surface area contributed by atoms with Crippen molar-refractivity contribution in [3.8, 4) is 16.9 Å². The van der Waals surface area contributed by atoms with Gasteiger partial charge in [-0.05, 0) is 55.0 Å². The van der Waals surface area contributed by atoms with E-state index in [0.29, 0.717) is 52.9 Å². The molecule has 4 heterocycles. The number of aromatic nitrogens is 5. The molecular formula is C39H42ClN5O7S2. The number of rotatable bonds is 5. The maximum atomic E-state index is 13.5. The molecule has 0 amide bonds. The second-order valence-corrected chi connectivity index (χ2v) is 16.5. The third-order valence-corrected chi connectivity index (χ3v) is 11.8. The van der Waals surface area contributed by atoms with Gasteiger partial charge in [0.1, 0.15) is 17.5 Å². The first-order chi connectivity index (χ1) is 25.8. The number of hydrogen-bond donors (Lipinski definition) is 0. The van der Waals surface area contributed by atoms with Crippen molar-refractivity contribution in [1.29, 1.82) is 0 Å². The smallest absolute Gasteiger partial charge is 0.354 e. The Labute approximate surface area is 323 Å². The van der Waals surface area contributed by atoms with E-state index in [1.165, 1.54) is 7.11 Å². The summed E-state index contributed by atoms with van der Waals surface area (Å²) in [5.41, 5.74) is 6.45. The molecule has 0 aliphatic carbocycles. The zero-order chi connectivity index (χ0) is 38.3. The van der Waals surface area contributed by atoms with E-state index < -0.39 is 22.2 Å². The van der Waals surface area contributed by atoms with Crippen molar-refractivity contribution in [2.45, 2.75) is 49.5 Å². The van der Waals surface area contributed by atoms with E-state index in [2.05, 4.69) is 24.3 Å². The van der Waals surface area contributed by atoms with Gasteiger partial charge in [0, 0.05) is 71.5 Å². The highest BCUT2D eigenvalue weighted by molar-refractivity contribution is 7.98. The third kappa shape index (κ3) is 7.50. The Balaban J connectivity index is 1.40. The molecular weight excluding hydrogens is 750 g/mol. The first kappa shape index (κ1) is 38.0. The zero-order valence-electron chi connectivity index (χ0n) is 31.0. The van der Waals surface area contributed by atoms with Crippen molar-refractivity contribution >= 4 is 61.1 Å². The molecule has 15 heteroatoms. The molecule has 0 radical (unpaired) electrons. The number of nitrogens with zero attached hydrogens (tertiary/aromatic N) is 5. The minimum Gasteiger partial charge on any atom is -0.493 e. The van der Waals surface area contributed by atoms with Gasteiger partial charge in [-0.25, -0.2) is 4.79 Å². The summed E-state index contributed by atoms with van der Waals surface area (Å²) in [6, 6.07) is 18.2. The lowest BCUT2D eigenvalue weighted by Gasteiger charge is -2.19. The molecule has 1 atom stereocenters. The Bertz CT molecular complexity index is 2510. The summed E-state index contributed by atoms with van der Waals surface area (Å²) in [4.78, 5) is 14.5. The van der Waals surface area contributed by atoms with Gasteiger partial charge in [0.2, 0.25) is 0 Å². The fourth-order valence-corrected chi connectivity index (χ4v) is 8.86. The Hall–Kier alpha value is -4.34. The number of aryl methyl sites for hydroxylation is 4. The van der Waals surface area contributed by atoms with Crippen LogP contribution < -0.4 is 4.74 Å². The summed E-state index contributed by atoms with van der Waals surface area (Å²) in [7, 11) is 3.24. The van der Waals surface area contributed by atoms with Crippen molar-refractivity contribution < 1.29 is 31.6 Å². The number of benzene rings is 3. The summed E-state index contributed by atoms with van der Waals surface area (Å²) >= 11 is 8.81. The van der Waals surface area contributed by atoms with E-state index in [4.69, 9.17) is 40.2 Å². The molecule has 7 rings (SSSR count). The van der Waals surface area contributed by atoms with Crippen LogP contribution in [0.4, 0.5) is 0 Å². The number of halogens is 1. The average Bonchev–Trinajstić information content (AvgIpc) is 3.74. The van der Waals surface area contributed by atoms with Crippen molar-refractivity contribution in [3.63, 3.8) is 0 Å². The summed E-state index contributed by atoms with van der Waals surface area (Å²) < 4.78 is 53.0. The highest BCUT2D eigenvalue weighted by Crippen LogP contribution is 2.44. The molecule has 1 unspecified atom stereocenters. The van der Waals surface area contributed by atoms with E-state index >= 15 is 0 Å². The molecule has 0 saturated carbocycles. The van der Waals surface area contributed by atoms with E-state index in [9.17, 15) is 13.2 Å². The topological polar surface area (TPSA) is 129 Å². The quantitative estimate of drug-likeness (QED) is 0.128. The third-order valence-electron chi connectivity index (χ3n) is 9.85. The van der Waals surface area contributed by atoms with Gasteiger partial charge in [-0.15, -0.1) is 11.8 Å². The fourth-order valence-electron chi connectivity index (χ4n) is 7.22. The van der Waals surface area contributed by atoms with E-state index in [-0.39, 0.29) is 19.6 Å². The number of esters is 1. The van der Waals surface area contributed by atoms with Crippen LogP contribution in [0.3, 0.4) is 0 Å². The van der Waals surface area contributed by atoms with Crippen LogP contribution in [0, 0.1) is 6.92 Å². The molecule has 0 spiro atoms. The number of carbonyl (C=O) groups is 1. The molecule has 284 valence electrons. The lowest BCUT2D eigenvalue weighted by atomic mass is 9.96. The van der Waals surface area contributed by atoms with Crippen LogP contribution in [-0.2, 0) is 63.7 Å². The van der Waals surface area contributed by atoms with Crippen LogP contribution in [-0.4, -0.2) is 65.1 Å². The Morgan fingerprint density at radius 2 is 1.83 bits per heavy atom. The van der Waals surface area contributed by atoms with E-state index in [0.717, 1.165) is 61.1 Å². The van der Waals surface area contributed by atoms with Gasteiger partial charge in [0.05, 0.1) is 55.1 Å².